The number of amides is 2. The fraction of sp³-hybridized carbons (Fsp3) is 0.286. The predicted octanol–water partition coefficient (Wildman–Crippen LogP) is 4.60. The number of nitrogens with zero attached hydrogens (tertiary/aromatic N) is 2. The molecule has 0 unspecified atom stereocenters. The number of hydrogen-bond acceptors (Lipinski definition) is 5. The molecular formula is C28H32BrN3O5S. The Bertz CT molecular complexity index is 1320. The first-order chi connectivity index (χ1) is 18.2. The van der Waals surface area contributed by atoms with Crippen molar-refractivity contribution >= 4 is 43.5 Å². The molecule has 8 nitrogen and oxygen atoms in total. The SMILES string of the molecule is CCCNC(=O)[C@@H](C)N(Cc1ccc(Br)cc1)C(=O)CN(c1ccccc1)S(=O)(=O)c1ccc(OC)cc1. The number of nitrogens with one attached hydrogen (secondary N) is 1. The number of para-hydroxylation sites is 1. The van der Waals surface area contributed by atoms with Crippen molar-refractivity contribution in [1.82, 2.24) is 10.2 Å². The van der Waals surface area contributed by atoms with Crippen molar-refractivity contribution in [2.24, 2.45) is 0 Å². The lowest BCUT2D eigenvalue weighted by molar-refractivity contribution is -0.139. The molecule has 0 aromatic heterocycles. The fourth-order valence-electron chi connectivity index (χ4n) is 3.76. The fourth-order valence-corrected chi connectivity index (χ4v) is 5.44. The zero-order chi connectivity index (χ0) is 27.7. The topological polar surface area (TPSA) is 96.0 Å². The van der Waals surface area contributed by atoms with Gasteiger partial charge in [-0.1, -0.05) is 53.2 Å². The summed E-state index contributed by atoms with van der Waals surface area (Å²) in [6.45, 7) is 3.72. The van der Waals surface area contributed by atoms with Crippen LogP contribution in [0.2, 0.25) is 0 Å². The number of carbonyl (C=O) groups is 2. The molecule has 1 atom stereocenters. The third kappa shape index (κ3) is 7.35. The smallest absolute Gasteiger partial charge is 0.264 e. The predicted molar refractivity (Wildman–Crippen MR) is 151 cm³/mol. The summed E-state index contributed by atoms with van der Waals surface area (Å²) in [5.41, 5.74) is 1.14. The zero-order valence-corrected chi connectivity index (χ0v) is 24.0. The van der Waals surface area contributed by atoms with Crippen LogP contribution in [0, 0.1) is 0 Å². The Morgan fingerprint density at radius 3 is 2.18 bits per heavy atom. The quantitative estimate of drug-likeness (QED) is 0.327. The number of ether oxygens (including phenoxy) is 1. The first kappa shape index (κ1) is 29.2. The summed E-state index contributed by atoms with van der Waals surface area (Å²) in [5.74, 6) is -0.298. The van der Waals surface area contributed by atoms with Crippen molar-refractivity contribution in [3.8, 4) is 5.75 Å². The minimum atomic E-state index is -4.12. The maximum Gasteiger partial charge on any atom is 0.264 e. The molecule has 10 heteroatoms. The number of benzene rings is 3. The number of hydrogen-bond donors (Lipinski definition) is 1. The van der Waals surface area contributed by atoms with Gasteiger partial charge in [0.15, 0.2) is 0 Å². The Morgan fingerprint density at radius 2 is 1.61 bits per heavy atom. The molecule has 0 aliphatic carbocycles. The monoisotopic (exact) mass is 601 g/mol. The van der Waals surface area contributed by atoms with Gasteiger partial charge in [-0.05, 0) is 67.4 Å². The standard InChI is InChI=1S/C28H32BrN3O5S/c1-4-18-30-28(34)21(2)31(19-22-10-12-23(29)13-11-22)27(33)20-32(24-8-6-5-7-9-24)38(35,36)26-16-14-25(37-3)15-17-26/h5-17,21H,4,18-20H2,1-3H3,(H,30,34)/t21-/m1/s1. The van der Waals surface area contributed by atoms with Crippen LogP contribution in [0.15, 0.2) is 88.2 Å². The van der Waals surface area contributed by atoms with Crippen molar-refractivity contribution in [3.63, 3.8) is 0 Å². The summed E-state index contributed by atoms with van der Waals surface area (Å²) in [4.78, 5) is 28.1. The van der Waals surface area contributed by atoms with E-state index in [4.69, 9.17) is 4.74 Å². The van der Waals surface area contributed by atoms with E-state index in [1.54, 1.807) is 49.4 Å². The van der Waals surface area contributed by atoms with Crippen LogP contribution in [-0.2, 0) is 26.2 Å². The van der Waals surface area contributed by atoms with E-state index in [9.17, 15) is 18.0 Å². The van der Waals surface area contributed by atoms with Crippen molar-refractivity contribution in [2.75, 3.05) is 24.5 Å². The van der Waals surface area contributed by atoms with E-state index in [0.29, 0.717) is 18.0 Å². The van der Waals surface area contributed by atoms with Crippen LogP contribution in [-0.4, -0.2) is 51.4 Å². The molecular weight excluding hydrogens is 570 g/mol. The first-order valence-electron chi connectivity index (χ1n) is 12.2. The van der Waals surface area contributed by atoms with Gasteiger partial charge in [0.25, 0.3) is 10.0 Å². The van der Waals surface area contributed by atoms with E-state index in [-0.39, 0.29) is 17.3 Å². The van der Waals surface area contributed by atoms with E-state index in [0.717, 1.165) is 20.8 Å². The van der Waals surface area contributed by atoms with E-state index >= 15 is 0 Å². The van der Waals surface area contributed by atoms with Gasteiger partial charge in [-0.3, -0.25) is 13.9 Å². The van der Waals surface area contributed by atoms with Gasteiger partial charge < -0.3 is 15.0 Å². The zero-order valence-electron chi connectivity index (χ0n) is 21.6. The second-order valence-electron chi connectivity index (χ2n) is 8.64. The van der Waals surface area contributed by atoms with Gasteiger partial charge in [0, 0.05) is 17.6 Å². The van der Waals surface area contributed by atoms with Crippen LogP contribution >= 0.6 is 15.9 Å². The Labute approximate surface area is 232 Å². The number of methoxy groups -OCH3 is 1. The van der Waals surface area contributed by atoms with Gasteiger partial charge in [0.2, 0.25) is 11.8 Å². The molecule has 0 aliphatic rings. The Kier molecular flexibility index (Phi) is 10.3. The minimum Gasteiger partial charge on any atom is -0.497 e. The second kappa shape index (κ2) is 13.4. The lowest BCUT2D eigenvalue weighted by Crippen LogP contribution is -2.51. The first-order valence-corrected chi connectivity index (χ1v) is 14.4. The molecule has 0 saturated carbocycles. The summed E-state index contributed by atoms with van der Waals surface area (Å²) in [5, 5.41) is 2.83. The normalized spacial score (nSPS) is 11.9. The molecule has 2 amide bonds. The highest BCUT2D eigenvalue weighted by Crippen LogP contribution is 2.26. The summed E-state index contributed by atoms with van der Waals surface area (Å²) < 4.78 is 34.6. The van der Waals surface area contributed by atoms with E-state index in [1.807, 2.05) is 31.2 Å². The molecule has 38 heavy (non-hydrogen) atoms. The minimum absolute atomic E-state index is 0.0168. The van der Waals surface area contributed by atoms with Crippen LogP contribution in [0.4, 0.5) is 5.69 Å². The van der Waals surface area contributed by atoms with Crippen molar-refractivity contribution < 1.29 is 22.7 Å². The van der Waals surface area contributed by atoms with E-state index in [1.165, 1.54) is 24.1 Å². The highest BCUT2D eigenvalue weighted by molar-refractivity contribution is 9.10. The molecule has 0 bridgehead atoms. The van der Waals surface area contributed by atoms with Gasteiger partial charge in [-0.15, -0.1) is 0 Å². The maximum atomic E-state index is 13.8. The van der Waals surface area contributed by atoms with E-state index in [2.05, 4.69) is 21.2 Å². The van der Waals surface area contributed by atoms with Crippen LogP contribution in [0.3, 0.4) is 0 Å². The Hall–Kier alpha value is -3.37. The van der Waals surface area contributed by atoms with Crippen molar-refractivity contribution in [2.45, 2.75) is 37.8 Å². The molecule has 0 aliphatic heterocycles. The number of anilines is 1. The van der Waals surface area contributed by atoms with Gasteiger partial charge in [0.1, 0.15) is 18.3 Å². The number of carbonyl (C=O) groups excluding carboxylic acids is 2. The summed E-state index contributed by atoms with van der Waals surface area (Å²) >= 11 is 3.41. The van der Waals surface area contributed by atoms with Crippen LogP contribution in [0.5, 0.6) is 5.75 Å². The Morgan fingerprint density at radius 1 is 0.974 bits per heavy atom. The number of rotatable bonds is 12. The van der Waals surface area contributed by atoms with Gasteiger partial charge in [-0.25, -0.2) is 8.42 Å². The molecule has 1 N–H and O–H groups in total. The van der Waals surface area contributed by atoms with Crippen molar-refractivity contribution in [1.29, 1.82) is 0 Å². The summed E-state index contributed by atoms with van der Waals surface area (Å²) in [7, 11) is -2.63. The highest BCUT2D eigenvalue weighted by atomic mass is 79.9. The average molecular weight is 603 g/mol. The molecule has 3 aromatic carbocycles. The third-order valence-corrected chi connectivity index (χ3v) is 8.27. The molecule has 3 aromatic rings. The maximum absolute atomic E-state index is 13.8. The van der Waals surface area contributed by atoms with Crippen LogP contribution in [0.1, 0.15) is 25.8 Å². The molecule has 0 saturated heterocycles. The van der Waals surface area contributed by atoms with Gasteiger partial charge in [-0.2, -0.15) is 0 Å². The lowest BCUT2D eigenvalue weighted by atomic mass is 10.1. The van der Waals surface area contributed by atoms with Gasteiger partial charge in [0.05, 0.1) is 17.7 Å². The largest absolute Gasteiger partial charge is 0.497 e. The van der Waals surface area contributed by atoms with Crippen LogP contribution < -0.4 is 14.4 Å². The highest BCUT2D eigenvalue weighted by Gasteiger charge is 2.32. The molecule has 0 radical (unpaired) electrons. The van der Waals surface area contributed by atoms with Crippen molar-refractivity contribution in [3.05, 3.63) is 88.9 Å². The number of sulfonamides is 1. The molecule has 202 valence electrons. The van der Waals surface area contributed by atoms with Gasteiger partial charge >= 0.3 is 0 Å². The molecule has 3 rings (SSSR count). The van der Waals surface area contributed by atoms with E-state index < -0.39 is 28.5 Å². The Balaban J connectivity index is 1.98. The summed E-state index contributed by atoms with van der Waals surface area (Å²) in [6.07, 6.45) is 0.751. The third-order valence-electron chi connectivity index (χ3n) is 5.95. The molecule has 0 spiro atoms. The second-order valence-corrected chi connectivity index (χ2v) is 11.4. The van der Waals surface area contributed by atoms with Crippen LogP contribution in [0.25, 0.3) is 0 Å². The molecule has 0 heterocycles. The summed E-state index contributed by atoms with van der Waals surface area (Å²) in [6, 6.07) is 21.0. The lowest BCUT2D eigenvalue weighted by Gasteiger charge is -2.32. The average Bonchev–Trinajstić information content (AvgIpc) is 2.94. The number of halogens is 1. The molecule has 0 fully saturated rings.